The second-order valence-electron chi connectivity index (χ2n) is 2.89. The van der Waals surface area contributed by atoms with Crippen molar-refractivity contribution in [2.24, 2.45) is 0 Å². The number of nitrogens with zero attached hydrogens (tertiary/aromatic N) is 1. The summed E-state index contributed by atoms with van der Waals surface area (Å²) in [5.74, 6) is 0. The Kier molecular flexibility index (Phi) is 3.48. The molecule has 0 N–H and O–H groups in total. The van der Waals surface area contributed by atoms with E-state index in [4.69, 9.17) is 10.00 Å². The average Bonchev–Trinajstić information content (AvgIpc) is 2.19. The predicted molar refractivity (Wildman–Crippen MR) is 51.2 cm³/mol. The van der Waals surface area contributed by atoms with E-state index in [1.807, 2.05) is 18.2 Å². The highest BCUT2D eigenvalue weighted by Gasteiger charge is 2.01. The second-order valence-corrected chi connectivity index (χ2v) is 2.89. The Morgan fingerprint density at radius 1 is 1.46 bits per heavy atom. The van der Waals surface area contributed by atoms with Gasteiger partial charge in [0.2, 0.25) is 0 Å². The van der Waals surface area contributed by atoms with Gasteiger partial charge in [-0.3, -0.25) is 0 Å². The third-order valence-corrected chi connectivity index (χ3v) is 2.00. The lowest BCUT2D eigenvalue weighted by atomic mass is 10.0. The van der Waals surface area contributed by atoms with Gasteiger partial charge in [0.15, 0.2) is 0 Å². The zero-order chi connectivity index (χ0) is 9.68. The Labute approximate surface area is 78.8 Å². The highest BCUT2D eigenvalue weighted by molar-refractivity contribution is 5.40. The molecule has 1 rings (SSSR count). The zero-order valence-corrected chi connectivity index (χ0v) is 8.00. The standard InChI is InChI=1S/C11H13NO/c1-3-9-4-5-10(8-13-2)11(6-9)7-12/h4-6H,3,8H2,1-2H3. The van der Waals surface area contributed by atoms with Crippen LogP contribution in [0.1, 0.15) is 23.6 Å². The summed E-state index contributed by atoms with van der Waals surface area (Å²) in [6.45, 7) is 2.58. The molecule has 0 bridgehead atoms. The SMILES string of the molecule is CCc1ccc(COC)c(C#N)c1. The first-order chi connectivity index (χ1) is 6.31. The molecular formula is C11H13NO. The van der Waals surface area contributed by atoms with E-state index in [1.54, 1.807) is 7.11 Å². The summed E-state index contributed by atoms with van der Waals surface area (Å²) in [6, 6.07) is 8.10. The lowest BCUT2D eigenvalue weighted by Gasteiger charge is -2.04. The molecule has 0 fully saturated rings. The molecule has 0 aromatic heterocycles. The fourth-order valence-electron chi connectivity index (χ4n) is 1.23. The first-order valence-corrected chi connectivity index (χ1v) is 4.32. The molecule has 0 saturated heterocycles. The van der Waals surface area contributed by atoms with Crippen molar-refractivity contribution in [3.8, 4) is 6.07 Å². The van der Waals surface area contributed by atoms with Crippen LogP contribution in [-0.4, -0.2) is 7.11 Å². The molecule has 1 aromatic rings. The van der Waals surface area contributed by atoms with Crippen molar-refractivity contribution >= 4 is 0 Å². The average molecular weight is 175 g/mol. The molecule has 68 valence electrons. The van der Waals surface area contributed by atoms with E-state index in [-0.39, 0.29) is 0 Å². The lowest BCUT2D eigenvalue weighted by molar-refractivity contribution is 0.184. The van der Waals surface area contributed by atoms with Crippen molar-refractivity contribution in [2.75, 3.05) is 7.11 Å². The smallest absolute Gasteiger partial charge is 0.0995 e. The molecule has 0 radical (unpaired) electrons. The Bertz CT molecular complexity index is 325. The number of methoxy groups -OCH3 is 1. The van der Waals surface area contributed by atoms with E-state index in [1.165, 1.54) is 5.56 Å². The molecule has 0 heterocycles. The molecule has 1 aromatic carbocycles. The summed E-state index contributed by atoms with van der Waals surface area (Å²) >= 11 is 0. The maximum atomic E-state index is 8.86. The van der Waals surface area contributed by atoms with Crippen LogP contribution in [0.3, 0.4) is 0 Å². The lowest BCUT2D eigenvalue weighted by Crippen LogP contribution is -1.93. The van der Waals surface area contributed by atoms with Crippen LogP contribution in [0.15, 0.2) is 18.2 Å². The molecule has 0 spiro atoms. The fourth-order valence-corrected chi connectivity index (χ4v) is 1.23. The largest absolute Gasteiger partial charge is 0.380 e. The molecule has 13 heavy (non-hydrogen) atoms. The summed E-state index contributed by atoms with van der Waals surface area (Å²) in [7, 11) is 1.63. The van der Waals surface area contributed by atoms with Crippen molar-refractivity contribution in [2.45, 2.75) is 20.0 Å². The van der Waals surface area contributed by atoms with Crippen LogP contribution in [-0.2, 0) is 17.8 Å². The van der Waals surface area contributed by atoms with Gasteiger partial charge >= 0.3 is 0 Å². The highest BCUT2D eigenvalue weighted by Crippen LogP contribution is 2.12. The number of benzene rings is 1. The van der Waals surface area contributed by atoms with Crippen LogP contribution in [0.2, 0.25) is 0 Å². The van der Waals surface area contributed by atoms with E-state index >= 15 is 0 Å². The topological polar surface area (TPSA) is 33.0 Å². The molecule has 0 atom stereocenters. The van der Waals surface area contributed by atoms with Crippen LogP contribution in [0, 0.1) is 11.3 Å². The van der Waals surface area contributed by atoms with Gasteiger partial charge in [0, 0.05) is 7.11 Å². The monoisotopic (exact) mass is 175 g/mol. The summed E-state index contributed by atoms with van der Waals surface area (Å²) < 4.78 is 4.99. The molecule has 2 nitrogen and oxygen atoms in total. The molecule has 2 heteroatoms. The summed E-state index contributed by atoms with van der Waals surface area (Å²) in [6.07, 6.45) is 0.960. The van der Waals surface area contributed by atoms with E-state index in [0.717, 1.165) is 17.5 Å². The Morgan fingerprint density at radius 2 is 2.23 bits per heavy atom. The van der Waals surface area contributed by atoms with Crippen LogP contribution >= 0.6 is 0 Å². The molecule has 0 aliphatic rings. The minimum Gasteiger partial charge on any atom is -0.380 e. The van der Waals surface area contributed by atoms with Gasteiger partial charge in [-0.1, -0.05) is 19.1 Å². The van der Waals surface area contributed by atoms with Gasteiger partial charge in [-0.15, -0.1) is 0 Å². The van der Waals surface area contributed by atoms with E-state index in [2.05, 4.69) is 13.0 Å². The van der Waals surface area contributed by atoms with E-state index < -0.39 is 0 Å². The van der Waals surface area contributed by atoms with Gasteiger partial charge in [-0.05, 0) is 23.6 Å². The third-order valence-electron chi connectivity index (χ3n) is 2.00. The van der Waals surface area contributed by atoms with Gasteiger partial charge < -0.3 is 4.74 Å². The van der Waals surface area contributed by atoms with Crippen molar-refractivity contribution in [1.82, 2.24) is 0 Å². The fraction of sp³-hybridized carbons (Fsp3) is 0.364. The summed E-state index contributed by atoms with van der Waals surface area (Å²) in [5.41, 5.74) is 2.87. The van der Waals surface area contributed by atoms with Crippen molar-refractivity contribution in [3.63, 3.8) is 0 Å². The Balaban J connectivity index is 3.02. The molecule has 0 unspecified atom stereocenters. The van der Waals surface area contributed by atoms with Crippen LogP contribution in [0.4, 0.5) is 0 Å². The number of aryl methyl sites for hydroxylation is 1. The van der Waals surface area contributed by atoms with Crippen molar-refractivity contribution < 1.29 is 4.74 Å². The maximum absolute atomic E-state index is 8.86. The van der Waals surface area contributed by atoms with Gasteiger partial charge in [-0.2, -0.15) is 5.26 Å². The van der Waals surface area contributed by atoms with Crippen LogP contribution in [0.25, 0.3) is 0 Å². The first-order valence-electron chi connectivity index (χ1n) is 4.32. The van der Waals surface area contributed by atoms with Crippen molar-refractivity contribution in [1.29, 1.82) is 5.26 Å². The van der Waals surface area contributed by atoms with E-state index in [9.17, 15) is 0 Å². The molecule has 0 amide bonds. The van der Waals surface area contributed by atoms with Gasteiger partial charge in [0.25, 0.3) is 0 Å². The maximum Gasteiger partial charge on any atom is 0.0995 e. The van der Waals surface area contributed by atoms with Gasteiger partial charge in [-0.25, -0.2) is 0 Å². The van der Waals surface area contributed by atoms with Crippen LogP contribution in [0.5, 0.6) is 0 Å². The number of rotatable bonds is 3. The first kappa shape index (κ1) is 9.76. The van der Waals surface area contributed by atoms with E-state index in [0.29, 0.717) is 6.61 Å². The summed E-state index contributed by atoms with van der Waals surface area (Å²) in [5, 5.41) is 8.86. The summed E-state index contributed by atoms with van der Waals surface area (Å²) in [4.78, 5) is 0. The minimum atomic E-state index is 0.507. The zero-order valence-electron chi connectivity index (χ0n) is 8.00. The van der Waals surface area contributed by atoms with Crippen molar-refractivity contribution in [3.05, 3.63) is 34.9 Å². The predicted octanol–water partition coefficient (Wildman–Crippen LogP) is 2.27. The van der Waals surface area contributed by atoms with Crippen LogP contribution < -0.4 is 0 Å². The highest BCUT2D eigenvalue weighted by atomic mass is 16.5. The minimum absolute atomic E-state index is 0.507. The number of ether oxygens (including phenoxy) is 1. The molecule has 0 aliphatic carbocycles. The van der Waals surface area contributed by atoms with Gasteiger partial charge in [0.05, 0.1) is 18.2 Å². The molecule has 0 saturated carbocycles. The third kappa shape index (κ3) is 2.30. The number of nitriles is 1. The number of hydrogen-bond acceptors (Lipinski definition) is 2. The second kappa shape index (κ2) is 4.64. The Hall–Kier alpha value is -1.33. The molecular weight excluding hydrogens is 162 g/mol. The number of hydrogen-bond donors (Lipinski definition) is 0. The van der Waals surface area contributed by atoms with Gasteiger partial charge in [0.1, 0.15) is 0 Å². The Morgan fingerprint density at radius 3 is 2.77 bits per heavy atom. The quantitative estimate of drug-likeness (QED) is 0.706. The molecule has 0 aliphatic heterocycles. The normalized spacial score (nSPS) is 9.62.